The predicted octanol–water partition coefficient (Wildman–Crippen LogP) is 3.59. The molecule has 1 fully saturated rings. The number of hydrogen-bond donors (Lipinski definition) is 1. The van der Waals surface area contributed by atoms with Crippen LogP contribution in [0, 0.1) is 0 Å². The smallest absolute Gasteiger partial charge is 0.324 e. The van der Waals surface area contributed by atoms with Gasteiger partial charge in [0.15, 0.2) is 5.82 Å². The van der Waals surface area contributed by atoms with Crippen LogP contribution in [0.4, 0.5) is 4.79 Å². The molecule has 1 N–H and O–H groups in total. The molecule has 7 nitrogen and oxygen atoms in total. The normalized spacial score (nSPS) is 14.0. The number of nitrogens with one attached hydrogen (secondary N) is 1. The molecule has 2 aromatic heterocycles. The van der Waals surface area contributed by atoms with Gasteiger partial charge >= 0.3 is 6.03 Å². The summed E-state index contributed by atoms with van der Waals surface area (Å²) in [5.74, 6) is 0.796. The monoisotopic (exact) mass is 404 g/mol. The minimum absolute atomic E-state index is 0.0445. The third-order valence-corrected chi connectivity index (χ3v) is 5.84. The summed E-state index contributed by atoms with van der Waals surface area (Å²) in [4.78, 5) is 29.3. The molecule has 144 valence electrons. The van der Waals surface area contributed by atoms with E-state index in [9.17, 15) is 9.59 Å². The van der Waals surface area contributed by atoms with Gasteiger partial charge in [-0.3, -0.25) is 9.69 Å². The fraction of sp³-hybridized carbons (Fsp3) is 0.143. The van der Waals surface area contributed by atoms with Gasteiger partial charge in [0.1, 0.15) is 0 Å². The van der Waals surface area contributed by atoms with E-state index in [1.54, 1.807) is 11.3 Å². The van der Waals surface area contributed by atoms with Crippen molar-refractivity contribution in [3.05, 3.63) is 70.9 Å². The standard InChI is InChI=1S/C21H16N4O3S/c26-19-10-22-21(27)25(19)11-13-4-3-5-14(8-13)20-23-18(24-28-20)9-15-12-29-17-7-2-1-6-16(15)17/h1-8,12H,9-11H2,(H,22,27). The van der Waals surface area contributed by atoms with Crippen LogP contribution in [0.3, 0.4) is 0 Å². The van der Waals surface area contributed by atoms with Crippen molar-refractivity contribution in [2.75, 3.05) is 6.54 Å². The largest absolute Gasteiger partial charge is 0.334 e. The Morgan fingerprint density at radius 1 is 1.14 bits per heavy atom. The first-order chi connectivity index (χ1) is 14.2. The van der Waals surface area contributed by atoms with Gasteiger partial charge in [-0.2, -0.15) is 4.98 Å². The molecule has 1 aliphatic heterocycles. The molecular formula is C21H16N4O3S. The van der Waals surface area contributed by atoms with E-state index >= 15 is 0 Å². The van der Waals surface area contributed by atoms with Crippen LogP contribution in [0.25, 0.3) is 21.5 Å². The number of fused-ring (bicyclic) bond motifs is 1. The Labute approximate surface area is 170 Å². The number of rotatable bonds is 5. The molecule has 0 saturated carbocycles. The van der Waals surface area contributed by atoms with E-state index < -0.39 is 0 Å². The van der Waals surface area contributed by atoms with E-state index in [1.165, 1.54) is 20.5 Å². The molecule has 0 aliphatic carbocycles. The van der Waals surface area contributed by atoms with Crippen molar-refractivity contribution < 1.29 is 14.1 Å². The number of amides is 3. The predicted molar refractivity (Wildman–Crippen MR) is 108 cm³/mol. The van der Waals surface area contributed by atoms with Crippen LogP contribution in [-0.2, 0) is 17.8 Å². The summed E-state index contributed by atoms with van der Waals surface area (Å²) in [7, 11) is 0. The number of carbonyl (C=O) groups is 2. The zero-order chi connectivity index (χ0) is 19.8. The Bertz CT molecular complexity index is 1210. The highest BCUT2D eigenvalue weighted by molar-refractivity contribution is 7.17. The molecule has 0 unspecified atom stereocenters. The maximum Gasteiger partial charge on any atom is 0.324 e. The van der Waals surface area contributed by atoms with Gasteiger partial charge in [0, 0.05) is 16.7 Å². The third-order valence-electron chi connectivity index (χ3n) is 4.83. The lowest BCUT2D eigenvalue weighted by Crippen LogP contribution is -2.30. The SMILES string of the molecule is O=C1CNC(=O)N1Cc1cccc(-c2nc(Cc3csc4ccccc34)no2)c1. The Morgan fingerprint density at radius 2 is 2.03 bits per heavy atom. The van der Waals surface area contributed by atoms with Crippen LogP contribution in [0.15, 0.2) is 58.4 Å². The number of benzene rings is 2. The minimum Gasteiger partial charge on any atom is -0.334 e. The lowest BCUT2D eigenvalue weighted by molar-refractivity contribution is -0.125. The summed E-state index contributed by atoms with van der Waals surface area (Å²) in [6, 6.07) is 15.3. The van der Waals surface area contributed by atoms with Crippen LogP contribution in [-0.4, -0.2) is 33.5 Å². The fourth-order valence-electron chi connectivity index (χ4n) is 3.38. The van der Waals surface area contributed by atoms with Gasteiger partial charge in [-0.25, -0.2) is 4.79 Å². The third kappa shape index (κ3) is 3.38. The number of hydrogen-bond acceptors (Lipinski definition) is 6. The van der Waals surface area contributed by atoms with Crippen molar-refractivity contribution in [1.29, 1.82) is 0 Å². The summed E-state index contributed by atoms with van der Waals surface area (Å²) in [5.41, 5.74) is 2.74. The lowest BCUT2D eigenvalue weighted by Gasteiger charge is -2.12. The highest BCUT2D eigenvalue weighted by Crippen LogP contribution is 2.28. The minimum atomic E-state index is -0.372. The van der Waals surface area contributed by atoms with Crippen molar-refractivity contribution in [2.24, 2.45) is 0 Å². The highest BCUT2D eigenvalue weighted by Gasteiger charge is 2.28. The number of nitrogens with zero attached hydrogens (tertiary/aromatic N) is 3. The van der Waals surface area contributed by atoms with Gasteiger partial charge < -0.3 is 9.84 Å². The Kier molecular flexibility index (Phi) is 4.33. The summed E-state index contributed by atoms with van der Waals surface area (Å²) in [6.45, 7) is 0.253. The van der Waals surface area contributed by atoms with Gasteiger partial charge in [0.25, 0.3) is 5.89 Å². The molecule has 0 bridgehead atoms. The molecule has 8 heteroatoms. The van der Waals surface area contributed by atoms with Crippen LogP contribution in [0.1, 0.15) is 17.0 Å². The van der Waals surface area contributed by atoms with Crippen LogP contribution in [0.2, 0.25) is 0 Å². The number of carbonyl (C=O) groups excluding carboxylic acids is 2. The van der Waals surface area contributed by atoms with Gasteiger partial charge in [0.05, 0.1) is 13.1 Å². The Hall–Kier alpha value is -3.52. The van der Waals surface area contributed by atoms with Crippen LogP contribution >= 0.6 is 11.3 Å². The average molecular weight is 404 g/mol. The molecule has 5 rings (SSSR count). The topological polar surface area (TPSA) is 88.3 Å². The van der Waals surface area contributed by atoms with E-state index in [0.29, 0.717) is 18.1 Å². The molecule has 3 heterocycles. The summed E-state index contributed by atoms with van der Waals surface area (Å²) in [6.07, 6.45) is 0.593. The molecule has 3 amide bonds. The molecule has 0 radical (unpaired) electrons. The number of thiophene rings is 1. The summed E-state index contributed by atoms with van der Waals surface area (Å²) >= 11 is 1.70. The molecule has 2 aromatic carbocycles. The second-order valence-corrected chi connectivity index (χ2v) is 7.70. The fourth-order valence-corrected chi connectivity index (χ4v) is 4.35. The molecule has 4 aromatic rings. The van der Waals surface area contributed by atoms with E-state index in [2.05, 4.69) is 33.0 Å². The quantitative estimate of drug-likeness (QED) is 0.514. The average Bonchev–Trinajstić information content (AvgIpc) is 3.45. The van der Waals surface area contributed by atoms with Crippen molar-refractivity contribution in [3.63, 3.8) is 0 Å². The zero-order valence-electron chi connectivity index (χ0n) is 15.3. The lowest BCUT2D eigenvalue weighted by atomic mass is 10.1. The van der Waals surface area contributed by atoms with Crippen molar-refractivity contribution in [1.82, 2.24) is 20.4 Å². The molecule has 1 aliphatic rings. The first-order valence-corrected chi connectivity index (χ1v) is 10.0. The first kappa shape index (κ1) is 17.6. The van der Waals surface area contributed by atoms with E-state index in [0.717, 1.165) is 11.1 Å². The van der Waals surface area contributed by atoms with Gasteiger partial charge in [-0.05, 0) is 40.1 Å². The number of imide groups is 1. The van der Waals surface area contributed by atoms with Crippen LogP contribution in [0.5, 0.6) is 0 Å². The van der Waals surface area contributed by atoms with Crippen molar-refractivity contribution >= 4 is 33.4 Å². The first-order valence-electron chi connectivity index (χ1n) is 9.12. The van der Waals surface area contributed by atoms with E-state index in [-0.39, 0.29) is 25.0 Å². The van der Waals surface area contributed by atoms with E-state index in [1.807, 2.05) is 36.4 Å². The second kappa shape index (κ2) is 7.14. The molecule has 1 saturated heterocycles. The molecule has 29 heavy (non-hydrogen) atoms. The summed E-state index contributed by atoms with van der Waals surface area (Å²) < 4.78 is 6.70. The van der Waals surface area contributed by atoms with Crippen LogP contribution < -0.4 is 5.32 Å². The molecular weight excluding hydrogens is 388 g/mol. The van der Waals surface area contributed by atoms with Crippen molar-refractivity contribution in [2.45, 2.75) is 13.0 Å². The number of urea groups is 1. The van der Waals surface area contributed by atoms with Crippen molar-refractivity contribution in [3.8, 4) is 11.5 Å². The zero-order valence-corrected chi connectivity index (χ0v) is 16.1. The molecule has 0 spiro atoms. The molecule has 0 atom stereocenters. The van der Waals surface area contributed by atoms with Gasteiger partial charge in [0.2, 0.25) is 5.91 Å². The maximum absolute atomic E-state index is 11.8. The Balaban J connectivity index is 1.36. The highest BCUT2D eigenvalue weighted by atomic mass is 32.1. The van der Waals surface area contributed by atoms with Gasteiger partial charge in [-0.15, -0.1) is 11.3 Å². The maximum atomic E-state index is 11.8. The van der Waals surface area contributed by atoms with E-state index in [4.69, 9.17) is 4.52 Å². The second-order valence-electron chi connectivity index (χ2n) is 6.79. The summed E-state index contributed by atoms with van der Waals surface area (Å²) in [5, 5.41) is 9.97. The van der Waals surface area contributed by atoms with Gasteiger partial charge in [-0.1, -0.05) is 35.5 Å². The number of aromatic nitrogens is 2. The Morgan fingerprint density at radius 3 is 2.90 bits per heavy atom.